The zero-order chi connectivity index (χ0) is 20.3. The number of sulfonamides is 1. The second-order valence-corrected chi connectivity index (χ2v) is 7.96. The first-order valence-corrected chi connectivity index (χ1v) is 9.50. The predicted octanol–water partition coefficient (Wildman–Crippen LogP) is 3.30. The number of aromatic nitrogens is 2. The van der Waals surface area contributed by atoms with E-state index in [1.165, 1.54) is 18.2 Å². The van der Waals surface area contributed by atoms with Crippen molar-refractivity contribution in [3.8, 4) is 16.9 Å². The number of nitrogens with zero attached hydrogens (tertiary/aromatic N) is 2. The lowest BCUT2D eigenvalue weighted by Gasteiger charge is -2.09. The molecule has 144 valence electrons. The van der Waals surface area contributed by atoms with Crippen LogP contribution in [0.2, 0.25) is 0 Å². The summed E-state index contributed by atoms with van der Waals surface area (Å²) in [7, 11) is -3.95. The average molecular weight is 407 g/mol. The summed E-state index contributed by atoms with van der Waals surface area (Å²) in [6.07, 6.45) is -4.66. The number of alkyl halides is 3. The van der Waals surface area contributed by atoms with Crippen LogP contribution in [0.15, 0.2) is 53.4 Å². The van der Waals surface area contributed by atoms with Crippen LogP contribution in [0.25, 0.3) is 16.9 Å². The maximum Gasteiger partial charge on any atom is 0.435 e. The van der Waals surface area contributed by atoms with Crippen molar-refractivity contribution in [1.29, 1.82) is 0 Å². The number of hydrogen-bond acceptors (Lipinski definition) is 4. The molecule has 3 aromatic rings. The van der Waals surface area contributed by atoms with Crippen LogP contribution in [0.1, 0.15) is 21.6 Å². The number of hydrogen-bond donors (Lipinski definition) is 1. The van der Waals surface area contributed by atoms with E-state index in [1.54, 1.807) is 24.3 Å². The molecule has 1 N–H and O–H groups in total. The van der Waals surface area contributed by atoms with Crippen molar-refractivity contribution in [2.24, 2.45) is 0 Å². The molecule has 1 aliphatic rings. The zero-order valence-corrected chi connectivity index (χ0v) is 15.1. The average Bonchev–Trinajstić information content (AvgIpc) is 3.15. The minimum Gasteiger partial charge on any atom is -0.268 e. The van der Waals surface area contributed by atoms with E-state index in [1.807, 2.05) is 11.6 Å². The first-order valence-electron chi connectivity index (χ1n) is 8.02. The van der Waals surface area contributed by atoms with Crippen molar-refractivity contribution in [3.05, 3.63) is 65.4 Å². The van der Waals surface area contributed by atoms with Gasteiger partial charge in [0.05, 0.1) is 16.9 Å². The monoisotopic (exact) mass is 407 g/mol. The van der Waals surface area contributed by atoms with E-state index in [-0.39, 0.29) is 21.8 Å². The van der Waals surface area contributed by atoms with Crippen molar-refractivity contribution in [2.75, 3.05) is 0 Å². The topological polar surface area (TPSA) is 81.1 Å². The highest BCUT2D eigenvalue weighted by Crippen LogP contribution is 2.34. The van der Waals surface area contributed by atoms with Crippen molar-refractivity contribution >= 4 is 15.9 Å². The summed E-state index contributed by atoms with van der Waals surface area (Å²) in [6.45, 7) is 1.85. The standard InChI is InChI=1S/C18H12F3N3O3S/c1-10-2-4-11(5-3-10)14-9-16(18(19,20)21)22-24(14)12-6-7-15-13(8-12)17(25)23-28(15,26)27/h2-9H,1H3,(H,23,25). The molecule has 6 nitrogen and oxygen atoms in total. The van der Waals surface area contributed by atoms with Crippen molar-refractivity contribution in [2.45, 2.75) is 18.0 Å². The molecule has 0 bridgehead atoms. The van der Waals surface area contributed by atoms with Gasteiger partial charge in [0.1, 0.15) is 4.90 Å². The fourth-order valence-corrected chi connectivity index (χ4v) is 4.09. The number of benzene rings is 2. The minimum absolute atomic E-state index is 0.136. The highest BCUT2D eigenvalue weighted by molar-refractivity contribution is 7.90. The van der Waals surface area contributed by atoms with Gasteiger partial charge in [-0.1, -0.05) is 29.8 Å². The second-order valence-electron chi connectivity index (χ2n) is 6.31. The van der Waals surface area contributed by atoms with E-state index >= 15 is 0 Å². The minimum atomic E-state index is -4.66. The maximum atomic E-state index is 13.2. The molecule has 0 saturated heterocycles. The van der Waals surface area contributed by atoms with Crippen LogP contribution in [0.4, 0.5) is 13.2 Å². The van der Waals surface area contributed by atoms with Gasteiger partial charge in [-0.15, -0.1) is 0 Å². The predicted molar refractivity (Wildman–Crippen MR) is 93.4 cm³/mol. The number of carbonyl (C=O) groups is 1. The first-order chi connectivity index (χ1) is 13.1. The number of nitrogens with one attached hydrogen (secondary N) is 1. The SMILES string of the molecule is Cc1ccc(-c2cc(C(F)(F)F)nn2-c2ccc3c(c2)C(=O)NS3(=O)=O)cc1. The molecular formula is C18H12F3N3O3S. The molecular weight excluding hydrogens is 395 g/mol. The van der Waals surface area contributed by atoms with Gasteiger partial charge in [-0.05, 0) is 31.2 Å². The Morgan fingerprint density at radius 1 is 1.04 bits per heavy atom. The molecule has 28 heavy (non-hydrogen) atoms. The Kier molecular flexibility index (Phi) is 3.86. The molecule has 1 aliphatic heterocycles. The van der Waals surface area contributed by atoms with Gasteiger partial charge in [0.25, 0.3) is 15.9 Å². The van der Waals surface area contributed by atoms with Crippen molar-refractivity contribution < 1.29 is 26.4 Å². The number of fused-ring (bicyclic) bond motifs is 1. The molecule has 1 amide bonds. The molecule has 0 spiro atoms. The lowest BCUT2D eigenvalue weighted by atomic mass is 10.1. The van der Waals surface area contributed by atoms with Crippen LogP contribution >= 0.6 is 0 Å². The van der Waals surface area contributed by atoms with Gasteiger partial charge in [-0.25, -0.2) is 17.8 Å². The highest BCUT2D eigenvalue weighted by atomic mass is 32.2. The normalized spacial score (nSPS) is 15.4. The Labute approximate surface area is 157 Å². The van der Waals surface area contributed by atoms with E-state index in [4.69, 9.17) is 0 Å². The summed E-state index contributed by atoms with van der Waals surface area (Å²) in [5.74, 6) is -0.836. The quantitative estimate of drug-likeness (QED) is 0.707. The van der Waals surface area contributed by atoms with Crippen LogP contribution in [0.5, 0.6) is 0 Å². The third-order valence-corrected chi connectivity index (χ3v) is 5.71. The van der Waals surface area contributed by atoms with E-state index < -0.39 is 27.8 Å². The Morgan fingerprint density at radius 2 is 1.71 bits per heavy atom. The van der Waals surface area contributed by atoms with Gasteiger partial charge >= 0.3 is 6.18 Å². The van der Waals surface area contributed by atoms with Gasteiger partial charge in [0.15, 0.2) is 5.69 Å². The third kappa shape index (κ3) is 2.95. The number of halogens is 3. The van der Waals surface area contributed by atoms with Crippen molar-refractivity contribution in [3.63, 3.8) is 0 Å². The van der Waals surface area contributed by atoms with Gasteiger partial charge in [-0.3, -0.25) is 4.79 Å². The number of amides is 1. The molecule has 1 aromatic heterocycles. The Balaban J connectivity index is 1.93. The number of carbonyl (C=O) groups excluding carboxylic acids is 1. The lowest BCUT2D eigenvalue weighted by molar-refractivity contribution is -0.141. The summed E-state index contributed by atoms with van der Waals surface area (Å²) >= 11 is 0. The molecule has 2 aromatic carbocycles. The first kappa shape index (κ1) is 18.2. The third-order valence-electron chi connectivity index (χ3n) is 4.32. The van der Waals surface area contributed by atoms with Crippen LogP contribution in [-0.2, 0) is 16.2 Å². The van der Waals surface area contributed by atoms with Gasteiger partial charge in [-0.2, -0.15) is 18.3 Å². The summed E-state index contributed by atoms with van der Waals surface area (Å²) in [4.78, 5) is 11.7. The molecule has 0 saturated carbocycles. The maximum absolute atomic E-state index is 13.2. The fraction of sp³-hybridized carbons (Fsp3) is 0.111. The number of rotatable bonds is 2. The van der Waals surface area contributed by atoms with Crippen LogP contribution in [-0.4, -0.2) is 24.1 Å². The molecule has 0 atom stereocenters. The van der Waals surface area contributed by atoms with E-state index in [9.17, 15) is 26.4 Å². The lowest BCUT2D eigenvalue weighted by Crippen LogP contribution is -2.20. The number of aryl methyl sites for hydroxylation is 1. The smallest absolute Gasteiger partial charge is 0.268 e. The molecule has 0 aliphatic carbocycles. The molecule has 0 radical (unpaired) electrons. The summed E-state index contributed by atoms with van der Waals surface area (Å²) < 4.78 is 66.3. The van der Waals surface area contributed by atoms with E-state index in [2.05, 4.69) is 5.10 Å². The van der Waals surface area contributed by atoms with Crippen molar-refractivity contribution in [1.82, 2.24) is 14.5 Å². The summed E-state index contributed by atoms with van der Waals surface area (Å²) in [5, 5.41) is 3.65. The Hall–Kier alpha value is -3.14. The van der Waals surface area contributed by atoms with Gasteiger partial charge in [0, 0.05) is 5.56 Å². The Morgan fingerprint density at radius 3 is 2.36 bits per heavy atom. The fourth-order valence-electron chi connectivity index (χ4n) is 2.94. The molecule has 10 heteroatoms. The zero-order valence-electron chi connectivity index (χ0n) is 14.3. The molecule has 2 heterocycles. The second kappa shape index (κ2) is 5.93. The Bertz CT molecular complexity index is 1210. The summed E-state index contributed by atoms with van der Waals surface area (Å²) in [5.41, 5.74) is 0.485. The molecule has 4 rings (SSSR count). The largest absolute Gasteiger partial charge is 0.435 e. The van der Waals surface area contributed by atoms with Crippen LogP contribution in [0, 0.1) is 6.92 Å². The van der Waals surface area contributed by atoms with E-state index in [0.717, 1.165) is 16.3 Å². The van der Waals surface area contributed by atoms with Crippen LogP contribution < -0.4 is 4.72 Å². The summed E-state index contributed by atoms with van der Waals surface area (Å²) in [6, 6.07) is 11.4. The van der Waals surface area contributed by atoms with E-state index in [0.29, 0.717) is 5.56 Å². The van der Waals surface area contributed by atoms with Crippen LogP contribution in [0.3, 0.4) is 0 Å². The highest BCUT2D eigenvalue weighted by Gasteiger charge is 2.36. The molecule has 0 unspecified atom stereocenters. The van der Waals surface area contributed by atoms with Gasteiger partial charge < -0.3 is 0 Å². The molecule has 0 fully saturated rings. The van der Waals surface area contributed by atoms with Gasteiger partial charge in [0.2, 0.25) is 0 Å².